The lowest BCUT2D eigenvalue weighted by Gasteiger charge is -2.07. The number of carbonyl (C=O) groups excluding carboxylic acids is 1. The Hall–Kier alpha value is -1.72. The van der Waals surface area contributed by atoms with Gasteiger partial charge in [0.25, 0.3) is 0 Å². The second-order valence-corrected chi connectivity index (χ2v) is 3.16. The molecule has 1 rings (SSSR count). The van der Waals surface area contributed by atoms with E-state index >= 15 is 0 Å². The van der Waals surface area contributed by atoms with Crippen LogP contribution in [0.2, 0.25) is 0 Å². The minimum atomic E-state index is -3.03. The average molecular weight is 248 g/mol. The van der Waals surface area contributed by atoms with Gasteiger partial charge in [-0.3, -0.25) is 4.79 Å². The van der Waals surface area contributed by atoms with Gasteiger partial charge in [-0.25, -0.2) is 4.39 Å². The summed E-state index contributed by atoms with van der Waals surface area (Å²) in [5.41, 5.74) is 0.221. The normalized spacial score (nSPS) is 10.4. The third-order valence-corrected chi connectivity index (χ3v) is 1.81. The summed E-state index contributed by atoms with van der Waals surface area (Å²) in [5, 5.41) is 0. The zero-order valence-electron chi connectivity index (χ0n) is 9.08. The van der Waals surface area contributed by atoms with Crippen molar-refractivity contribution < 1.29 is 27.4 Å². The van der Waals surface area contributed by atoms with Gasteiger partial charge < -0.3 is 9.47 Å². The van der Waals surface area contributed by atoms with E-state index < -0.39 is 18.4 Å². The van der Waals surface area contributed by atoms with Gasteiger partial charge in [0.2, 0.25) is 0 Å². The van der Waals surface area contributed by atoms with Crippen molar-refractivity contribution in [3.05, 3.63) is 29.6 Å². The maximum atomic E-state index is 13.0. The van der Waals surface area contributed by atoms with Crippen LogP contribution in [-0.2, 0) is 16.0 Å². The predicted octanol–water partition coefficient (Wildman–Crippen LogP) is 2.53. The summed E-state index contributed by atoms with van der Waals surface area (Å²) in [5.74, 6) is -1.62. The topological polar surface area (TPSA) is 35.5 Å². The quantitative estimate of drug-likeness (QED) is 0.751. The number of benzene rings is 1. The molecule has 0 N–H and O–H groups in total. The molecule has 3 nitrogen and oxygen atoms in total. The molecule has 0 aromatic heterocycles. The van der Waals surface area contributed by atoms with Crippen LogP contribution in [0.5, 0.6) is 5.75 Å². The molecule has 1 aromatic carbocycles. The van der Waals surface area contributed by atoms with E-state index in [9.17, 15) is 18.0 Å². The highest BCUT2D eigenvalue weighted by Gasteiger charge is 2.10. The van der Waals surface area contributed by atoms with Crippen LogP contribution in [0, 0.1) is 5.82 Å². The lowest BCUT2D eigenvalue weighted by Crippen LogP contribution is -2.08. The first kappa shape index (κ1) is 13.3. The molecule has 0 fully saturated rings. The van der Waals surface area contributed by atoms with Crippen molar-refractivity contribution in [2.45, 2.75) is 20.0 Å². The van der Waals surface area contributed by atoms with Crippen LogP contribution in [-0.4, -0.2) is 19.2 Å². The van der Waals surface area contributed by atoms with E-state index in [1.54, 1.807) is 6.92 Å². The SMILES string of the molecule is CCOC(=O)Cc1cc(F)cc(OC(F)F)c1. The van der Waals surface area contributed by atoms with Crippen LogP contribution in [0.1, 0.15) is 12.5 Å². The maximum Gasteiger partial charge on any atom is 0.387 e. The number of hydrogen-bond acceptors (Lipinski definition) is 3. The second-order valence-electron chi connectivity index (χ2n) is 3.16. The van der Waals surface area contributed by atoms with E-state index in [4.69, 9.17) is 0 Å². The molecule has 0 amide bonds. The summed E-state index contributed by atoms with van der Waals surface area (Å²) in [6, 6.07) is 3.06. The molecule has 0 atom stereocenters. The molecule has 0 saturated heterocycles. The first-order chi connectivity index (χ1) is 8.01. The fraction of sp³-hybridized carbons (Fsp3) is 0.364. The van der Waals surface area contributed by atoms with Crippen LogP contribution in [0.25, 0.3) is 0 Å². The van der Waals surface area contributed by atoms with Gasteiger partial charge in [-0.1, -0.05) is 0 Å². The van der Waals surface area contributed by atoms with Gasteiger partial charge >= 0.3 is 12.6 Å². The van der Waals surface area contributed by atoms with E-state index in [1.807, 2.05) is 0 Å². The summed E-state index contributed by atoms with van der Waals surface area (Å²) in [4.78, 5) is 11.1. The number of carbonyl (C=O) groups is 1. The van der Waals surface area contributed by atoms with Crippen LogP contribution >= 0.6 is 0 Å². The maximum absolute atomic E-state index is 13.0. The van der Waals surface area contributed by atoms with Crippen molar-refractivity contribution in [3.8, 4) is 5.75 Å². The van der Waals surface area contributed by atoms with Crippen molar-refractivity contribution in [2.75, 3.05) is 6.61 Å². The molecule has 0 aliphatic rings. The molecule has 0 aliphatic heterocycles. The van der Waals surface area contributed by atoms with Crippen LogP contribution < -0.4 is 4.74 Å². The highest BCUT2D eigenvalue weighted by atomic mass is 19.3. The summed E-state index contributed by atoms with van der Waals surface area (Å²) in [7, 11) is 0. The van der Waals surface area contributed by atoms with Gasteiger partial charge in [0.1, 0.15) is 11.6 Å². The van der Waals surface area contributed by atoms with Crippen LogP contribution in [0.4, 0.5) is 13.2 Å². The lowest BCUT2D eigenvalue weighted by molar-refractivity contribution is -0.142. The smallest absolute Gasteiger partial charge is 0.387 e. The van der Waals surface area contributed by atoms with Gasteiger partial charge in [0, 0.05) is 6.07 Å². The molecule has 1 aromatic rings. The number of esters is 1. The third kappa shape index (κ3) is 4.76. The molecule has 0 heterocycles. The van der Waals surface area contributed by atoms with Crippen molar-refractivity contribution in [1.82, 2.24) is 0 Å². The molecule has 0 saturated carbocycles. The number of hydrogen-bond donors (Lipinski definition) is 0. The Morgan fingerprint density at radius 2 is 2.06 bits per heavy atom. The average Bonchev–Trinajstić information content (AvgIpc) is 2.14. The largest absolute Gasteiger partial charge is 0.466 e. The zero-order valence-corrected chi connectivity index (χ0v) is 9.08. The van der Waals surface area contributed by atoms with Gasteiger partial charge in [-0.05, 0) is 24.6 Å². The van der Waals surface area contributed by atoms with E-state index in [0.717, 1.165) is 12.1 Å². The molecular weight excluding hydrogens is 237 g/mol. The monoisotopic (exact) mass is 248 g/mol. The van der Waals surface area contributed by atoms with Crippen molar-refractivity contribution >= 4 is 5.97 Å². The molecule has 0 bridgehead atoms. The fourth-order valence-electron chi connectivity index (χ4n) is 1.27. The van der Waals surface area contributed by atoms with E-state index in [0.29, 0.717) is 0 Å². The Morgan fingerprint density at radius 3 is 2.65 bits per heavy atom. The fourth-order valence-corrected chi connectivity index (χ4v) is 1.27. The third-order valence-electron chi connectivity index (χ3n) is 1.81. The van der Waals surface area contributed by atoms with Crippen LogP contribution in [0.3, 0.4) is 0 Å². The van der Waals surface area contributed by atoms with Crippen LogP contribution in [0.15, 0.2) is 18.2 Å². The molecule has 0 radical (unpaired) electrons. The molecule has 0 aliphatic carbocycles. The Morgan fingerprint density at radius 1 is 1.35 bits per heavy atom. The molecule has 0 unspecified atom stereocenters. The van der Waals surface area contributed by atoms with Gasteiger partial charge in [-0.15, -0.1) is 0 Å². The number of halogens is 3. The minimum absolute atomic E-state index is 0.189. The van der Waals surface area contributed by atoms with Crippen molar-refractivity contribution in [2.24, 2.45) is 0 Å². The van der Waals surface area contributed by atoms with Gasteiger partial charge in [-0.2, -0.15) is 8.78 Å². The summed E-state index contributed by atoms with van der Waals surface area (Å²) < 4.78 is 45.6. The second kappa shape index (κ2) is 6.12. The summed E-state index contributed by atoms with van der Waals surface area (Å²) >= 11 is 0. The Labute approximate surface area is 96.1 Å². The first-order valence-corrected chi connectivity index (χ1v) is 4.91. The zero-order chi connectivity index (χ0) is 12.8. The first-order valence-electron chi connectivity index (χ1n) is 4.91. The highest BCUT2D eigenvalue weighted by molar-refractivity contribution is 5.72. The number of alkyl halides is 2. The predicted molar refractivity (Wildman–Crippen MR) is 53.4 cm³/mol. The Balaban J connectivity index is 2.78. The summed E-state index contributed by atoms with van der Waals surface area (Å²) in [6.07, 6.45) is -0.189. The van der Waals surface area contributed by atoms with Crippen molar-refractivity contribution in [1.29, 1.82) is 0 Å². The number of rotatable bonds is 5. The van der Waals surface area contributed by atoms with Crippen molar-refractivity contribution in [3.63, 3.8) is 0 Å². The molecule has 0 spiro atoms. The van der Waals surface area contributed by atoms with E-state index in [1.165, 1.54) is 6.07 Å². The number of ether oxygens (including phenoxy) is 2. The highest BCUT2D eigenvalue weighted by Crippen LogP contribution is 2.19. The molecule has 94 valence electrons. The Kier molecular flexibility index (Phi) is 4.81. The lowest BCUT2D eigenvalue weighted by atomic mass is 10.1. The summed E-state index contributed by atoms with van der Waals surface area (Å²) in [6.45, 7) is -1.20. The standard InChI is InChI=1S/C11H11F3O3/c1-2-16-10(15)5-7-3-8(12)6-9(4-7)17-11(13)14/h3-4,6,11H,2,5H2,1H3. The molecule has 17 heavy (non-hydrogen) atoms. The Bertz CT molecular complexity index is 394. The van der Waals surface area contributed by atoms with E-state index in [-0.39, 0.29) is 24.3 Å². The van der Waals surface area contributed by atoms with Gasteiger partial charge in [0.15, 0.2) is 0 Å². The van der Waals surface area contributed by atoms with E-state index in [2.05, 4.69) is 9.47 Å². The molecular formula is C11H11F3O3. The van der Waals surface area contributed by atoms with Gasteiger partial charge in [0.05, 0.1) is 13.0 Å². The minimum Gasteiger partial charge on any atom is -0.466 e. The molecule has 6 heteroatoms.